The monoisotopic (exact) mass is 651 g/mol. The lowest BCUT2D eigenvalue weighted by Gasteiger charge is -2.40. The van der Waals surface area contributed by atoms with E-state index >= 15 is 0 Å². The Balaban J connectivity index is 1.26. The molecule has 3 fully saturated rings. The van der Waals surface area contributed by atoms with Crippen molar-refractivity contribution >= 4 is 23.5 Å². The van der Waals surface area contributed by atoms with Crippen LogP contribution in [0.3, 0.4) is 0 Å². The first-order valence-electron chi connectivity index (χ1n) is 16.0. The minimum absolute atomic E-state index is 0.0114. The molecule has 5 rings (SSSR count). The molecule has 0 radical (unpaired) electrons. The molecule has 0 unspecified atom stereocenters. The van der Waals surface area contributed by atoms with Crippen molar-refractivity contribution in [3.05, 3.63) is 70.5 Å². The molecule has 3 atom stereocenters. The Kier molecular flexibility index (Phi) is 11.1. The quantitative estimate of drug-likeness (QED) is 0.293. The first-order chi connectivity index (χ1) is 21.5. The number of hydrogen-bond donors (Lipinski definition) is 1. The fraction of sp³-hybridized carbons (Fsp3) is 0.588. The third kappa shape index (κ3) is 8.77. The molecule has 1 aliphatic carbocycles. The van der Waals surface area contributed by atoms with Crippen LogP contribution in [-0.4, -0.2) is 89.2 Å². The number of alkyl halides is 3. The number of amides is 1. The molecule has 3 aliphatic rings. The minimum atomic E-state index is -4.56. The second kappa shape index (κ2) is 14.8. The third-order valence-electron chi connectivity index (χ3n) is 9.96. The van der Waals surface area contributed by atoms with Gasteiger partial charge in [-0.1, -0.05) is 67.3 Å². The largest absolute Gasteiger partial charge is 0.480 e. The van der Waals surface area contributed by atoms with Crippen molar-refractivity contribution in [2.75, 3.05) is 39.3 Å². The zero-order valence-electron chi connectivity index (χ0n) is 25.4. The highest BCUT2D eigenvalue weighted by Gasteiger charge is 2.44. The highest BCUT2D eigenvalue weighted by Crippen LogP contribution is 2.39. The molecule has 2 aromatic rings. The molecule has 1 N–H and O–H groups in total. The van der Waals surface area contributed by atoms with Gasteiger partial charge < -0.3 is 14.9 Å². The van der Waals surface area contributed by atoms with Gasteiger partial charge in [0.15, 0.2) is 0 Å². The van der Waals surface area contributed by atoms with Gasteiger partial charge in [-0.05, 0) is 60.8 Å². The van der Waals surface area contributed by atoms with Crippen molar-refractivity contribution in [3.8, 4) is 0 Å². The van der Waals surface area contributed by atoms with Crippen LogP contribution in [0.1, 0.15) is 62.0 Å². The summed E-state index contributed by atoms with van der Waals surface area (Å²) in [5.41, 5.74) is 1.47. The lowest BCUT2D eigenvalue weighted by molar-refractivity contribution is -0.167. The number of rotatable bonds is 10. The maximum Gasteiger partial charge on any atom is 0.406 e. The molecule has 2 aliphatic heterocycles. The lowest BCUT2D eigenvalue weighted by atomic mass is 9.83. The number of carbonyl (C=O) groups excluding carboxylic acids is 1. The molecule has 2 heterocycles. The summed E-state index contributed by atoms with van der Waals surface area (Å²) in [5.74, 6) is -1.56. The summed E-state index contributed by atoms with van der Waals surface area (Å²) in [6, 6.07) is 12.6. The number of carboxylic acid groups (broad SMARTS) is 1. The molecule has 2 aromatic carbocycles. The summed E-state index contributed by atoms with van der Waals surface area (Å²) >= 11 is 6.07. The Morgan fingerprint density at radius 2 is 1.67 bits per heavy atom. The smallest absolute Gasteiger partial charge is 0.406 e. The van der Waals surface area contributed by atoms with Crippen LogP contribution in [0.15, 0.2) is 48.5 Å². The summed E-state index contributed by atoms with van der Waals surface area (Å²) < 4.78 is 54.3. The van der Waals surface area contributed by atoms with Crippen LogP contribution in [0.4, 0.5) is 17.6 Å². The van der Waals surface area contributed by atoms with Gasteiger partial charge in [0.1, 0.15) is 18.4 Å². The van der Waals surface area contributed by atoms with E-state index in [4.69, 9.17) is 11.6 Å². The van der Waals surface area contributed by atoms with Crippen LogP contribution < -0.4 is 0 Å². The zero-order valence-corrected chi connectivity index (χ0v) is 26.2. The van der Waals surface area contributed by atoms with E-state index in [0.717, 1.165) is 49.1 Å². The highest BCUT2D eigenvalue weighted by atomic mass is 35.5. The van der Waals surface area contributed by atoms with Gasteiger partial charge in [0.05, 0.1) is 6.42 Å². The number of hydrogen-bond acceptors (Lipinski definition) is 4. The standard InChI is InChI=1S/C34H42ClF4N3O3/c35-30-18-27(36)12-11-25(30)17-31(43)42(22-34(37,38)39)28-13-15-40(16-14-28)19-26-20-41(21-29(26)23-7-3-1-4-8-23)32(33(44)45)24-9-5-2-6-10-24/h1,3-4,7-8,11-12,18,24,26,28-29,32H,2,5-6,9-10,13-17,19-22H2,(H,44,45)/t26-,29+,32+/m0/s1. The van der Waals surface area contributed by atoms with E-state index in [2.05, 4.69) is 21.9 Å². The summed E-state index contributed by atoms with van der Waals surface area (Å²) in [6.45, 7) is 1.75. The predicted octanol–water partition coefficient (Wildman–Crippen LogP) is 6.63. The van der Waals surface area contributed by atoms with Gasteiger partial charge in [0.25, 0.3) is 0 Å². The normalized spacial score (nSPS) is 23.2. The number of carboxylic acids is 1. The van der Waals surface area contributed by atoms with Crippen molar-refractivity contribution in [1.29, 1.82) is 0 Å². The SMILES string of the molecule is O=C(O)[C@@H](C1CCCCC1)N1C[C@H](CN2CCC(N(CC(F)(F)F)C(=O)Cc3ccc(F)cc3Cl)CC2)[C@@H](c2ccccc2)C1. The molecule has 11 heteroatoms. The van der Waals surface area contributed by atoms with Crippen LogP contribution in [0.2, 0.25) is 5.02 Å². The molecule has 0 bridgehead atoms. The van der Waals surface area contributed by atoms with Gasteiger partial charge in [-0.25, -0.2) is 4.39 Å². The third-order valence-corrected chi connectivity index (χ3v) is 10.3. The molecule has 6 nitrogen and oxygen atoms in total. The Labute approximate surface area is 267 Å². The molecular weight excluding hydrogens is 610 g/mol. The number of nitrogens with zero attached hydrogens (tertiary/aromatic N) is 3. The summed E-state index contributed by atoms with van der Waals surface area (Å²) in [7, 11) is 0. The maximum absolute atomic E-state index is 13.6. The second-order valence-electron chi connectivity index (χ2n) is 13.0. The topological polar surface area (TPSA) is 64.1 Å². The summed E-state index contributed by atoms with van der Waals surface area (Å²) in [6.07, 6.45) is 1.04. The van der Waals surface area contributed by atoms with E-state index in [9.17, 15) is 32.3 Å². The fourth-order valence-electron chi connectivity index (χ4n) is 7.79. The first kappa shape index (κ1) is 33.7. The van der Waals surface area contributed by atoms with Gasteiger partial charge in [0.2, 0.25) is 5.91 Å². The Bertz CT molecular complexity index is 1300. The number of benzene rings is 2. The van der Waals surface area contributed by atoms with E-state index in [1.807, 2.05) is 18.2 Å². The molecule has 1 saturated carbocycles. The van der Waals surface area contributed by atoms with Crippen molar-refractivity contribution in [2.24, 2.45) is 11.8 Å². The van der Waals surface area contributed by atoms with Crippen molar-refractivity contribution in [3.63, 3.8) is 0 Å². The van der Waals surface area contributed by atoms with E-state index < -0.39 is 42.5 Å². The fourth-order valence-corrected chi connectivity index (χ4v) is 8.02. The molecule has 2 saturated heterocycles. The average molecular weight is 652 g/mol. The molecule has 1 amide bonds. The molecule has 45 heavy (non-hydrogen) atoms. The van der Waals surface area contributed by atoms with E-state index in [1.54, 1.807) is 0 Å². The number of carbonyl (C=O) groups is 2. The molecule has 0 spiro atoms. The summed E-state index contributed by atoms with van der Waals surface area (Å²) in [5, 5.41) is 10.3. The van der Waals surface area contributed by atoms with Crippen molar-refractivity contribution in [2.45, 2.75) is 75.5 Å². The first-order valence-corrected chi connectivity index (χ1v) is 16.4. The van der Waals surface area contributed by atoms with Crippen LogP contribution in [-0.2, 0) is 16.0 Å². The number of aliphatic carboxylic acids is 1. The van der Waals surface area contributed by atoms with Gasteiger partial charge >= 0.3 is 12.1 Å². The maximum atomic E-state index is 13.6. The number of likely N-dealkylation sites (tertiary alicyclic amines) is 2. The van der Waals surface area contributed by atoms with Crippen LogP contribution in [0.25, 0.3) is 0 Å². The van der Waals surface area contributed by atoms with Gasteiger partial charge in [-0.2, -0.15) is 13.2 Å². The van der Waals surface area contributed by atoms with E-state index in [0.29, 0.717) is 51.1 Å². The average Bonchev–Trinajstić information content (AvgIpc) is 3.41. The Hall–Kier alpha value is -2.69. The molecule has 246 valence electrons. The van der Waals surface area contributed by atoms with Crippen LogP contribution in [0, 0.1) is 17.7 Å². The lowest BCUT2D eigenvalue weighted by Crippen LogP contribution is -2.51. The Morgan fingerprint density at radius 3 is 2.29 bits per heavy atom. The van der Waals surface area contributed by atoms with E-state index in [1.165, 1.54) is 11.6 Å². The van der Waals surface area contributed by atoms with Gasteiger partial charge in [-0.3, -0.25) is 14.5 Å². The highest BCUT2D eigenvalue weighted by molar-refractivity contribution is 6.31. The Morgan fingerprint density at radius 1 is 0.978 bits per heavy atom. The predicted molar refractivity (Wildman–Crippen MR) is 165 cm³/mol. The van der Waals surface area contributed by atoms with Crippen molar-refractivity contribution < 1.29 is 32.3 Å². The number of piperidine rings is 1. The molecular formula is C34H42ClF4N3O3. The van der Waals surface area contributed by atoms with Crippen LogP contribution >= 0.6 is 11.6 Å². The minimum Gasteiger partial charge on any atom is -0.480 e. The van der Waals surface area contributed by atoms with Gasteiger partial charge in [0, 0.05) is 49.7 Å². The summed E-state index contributed by atoms with van der Waals surface area (Å²) in [4.78, 5) is 31.1. The molecule has 0 aromatic heterocycles. The van der Waals surface area contributed by atoms with Crippen LogP contribution in [0.5, 0.6) is 0 Å². The number of halogens is 5. The van der Waals surface area contributed by atoms with Crippen molar-refractivity contribution in [1.82, 2.24) is 14.7 Å². The van der Waals surface area contributed by atoms with Gasteiger partial charge in [-0.15, -0.1) is 0 Å². The van der Waals surface area contributed by atoms with E-state index in [-0.39, 0.29) is 29.2 Å². The second-order valence-corrected chi connectivity index (χ2v) is 13.4. The zero-order chi connectivity index (χ0) is 32.1.